The van der Waals surface area contributed by atoms with Crippen LogP contribution in [0.1, 0.15) is 34.6 Å². The van der Waals surface area contributed by atoms with Gasteiger partial charge >= 0.3 is 5.97 Å². The van der Waals surface area contributed by atoms with E-state index in [-0.39, 0.29) is 5.92 Å². The van der Waals surface area contributed by atoms with Crippen molar-refractivity contribution in [2.24, 2.45) is 11.8 Å². The van der Waals surface area contributed by atoms with E-state index in [0.717, 1.165) is 6.54 Å². The molecule has 1 atom stereocenters. The van der Waals surface area contributed by atoms with Gasteiger partial charge in [-0.3, -0.25) is 9.69 Å². The summed E-state index contributed by atoms with van der Waals surface area (Å²) in [6, 6.07) is 0.416. The van der Waals surface area contributed by atoms with Crippen LogP contribution in [0.5, 0.6) is 0 Å². The molecule has 0 rings (SSSR count). The fourth-order valence-electron chi connectivity index (χ4n) is 1.40. The van der Waals surface area contributed by atoms with Gasteiger partial charge in [-0.2, -0.15) is 0 Å². The predicted molar refractivity (Wildman–Crippen MR) is 58.3 cm³/mol. The van der Waals surface area contributed by atoms with Crippen molar-refractivity contribution in [2.45, 2.75) is 40.7 Å². The van der Waals surface area contributed by atoms with Crippen molar-refractivity contribution < 1.29 is 9.90 Å². The van der Waals surface area contributed by atoms with Gasteiger partial charge < -0.3 is 5.11 Å². The number of rotatable bonds is 6. The average Bonchev–Trinajstić information content (AvgIpc) is 2.01. The Kier molecular flexibility index (Phi) is 5.77. The van der Waals surface area contributed by atoms with E-state index in [0.29, 0.717) is 18.5 Å². The molecule has 14 heavy (non-hydrogen) atoms. The van der Waals surface area contributed by atoms with Crippen LogP contribution in [0.2, 0.25) is 0 Å². The summed E-state index contributed by atoms with van der Waals surface area (Å²) in [6.07, 6.45) is 0. The number of aliphatic carboxylic acids is 1. The van der Waals surface area contributed by atoms with Crippen LogP contribution in [-0.2, 0) is 4.79 Å². The molecule has 0 amide bonds. The average molecular weight is 201 g/mol. The normalized spacial score (nSPS) is 14.0. The lowest BCUT2D eigenvalue weighted by atomic mass is 10.1. The molecule has 0 spiro atoms. The summed E-state index contributed by atoms with van der Waals surface area (Å²) in [4.78, 5) is 12.9. The highest BCUT2D eigenvalue weighted by atomic mass is 16.4. The van der Waals surface area contributed by atoms with Gasteiger partial charge in [-0.05, 0) is 19.8 Å². The van der Waals surface area contributed by atoms with Gasteiger partial charge in [-0.15, -0.1) is 0 Å². The smallest absolute Gasteiger partial charge is 0.307 e. The molecule has 0 aromatic heterocycles. The second kappa shape index (κ2) is 6.02. The van der Waals surface area contributed by atoms with E-state index in [1.807, 2.05) is 0 Å². The summed E-state index contributed by atoms with van der Waals surface area (Å²) >= 11 is 0. The SMILES string of the molecule is CC(C)CN(CC(C)C(=O)O)C(C)C. The lowest BCUT2D eigenvalue weighted by Crippen LogP contribution is -2.39. The van der Waals surface area contributed by atoms with E-state index >= 15 is 0 Å². The van der Waals surface area contributed by atoms with Gasteiger partial charge in [0.1, 0.15) is 0 Å². The molecular weight excluding hydrogens is 178 g/mol. The van der Waals surface area contributed by atoms with Crippen molar-refractivity contribution in [3.05, 3.63) is 0 Å². The fourth-order valence-corrected chi connectivity index (χ4v) is 1.40. The minimum Gasteiger partial charge on any atom is -0.481 e. The quantitative estimate of drug-likeness (QED) is 0.715. The molecule has 0 aliphatic carbocycles. The zero-order valence-corrected chi connectivity index (χ0v) is 9.95. The lowest BCUT2D eigenvalue weighted by Gasteiger charge is -2.29. The molecule has 0 aliphatic heterocycles. The molecule has 0 bridgehead atoms. The van der Waals surface area contributed by atoms with Crippen LogP contribution in [0.4, 0.5) is 0 Å². The van der Waals surface area contributed by atoms with Gasteiger partial charge in [-0.1, -0.05) is 20.8 Å². The summed E-state index contributed by atoms with van der Waals surface area (Å²) < 4.78 is 0. The predicted octanol–water partition coefficient (Wildman–Crippen LogP) is 2.07. The summed E-state index contributed by atoms with van der Waals surface area (Å²) in [5.41, 5.74) is 0. The molecule has 0 radical (unpaired) electrons. The molecule has 3 nitrogen and oxygen atoms in total. The molecule has 84 valence electrons. The monoisotopic (exact) mass is 201 g/mol. The first kappa shape index (κ1) is 13.4. The Morgan fingerprint density at radius 1 is 1.14 bits per heavy atom. The lowest BCUT2D eigenvalue weighted by molar-refractivity contribution is -0.141. The van der Waals surface area contributed by atoms with Crippen LogP contribution in [0, 0.1) is 11.8 Å². The molecule has 0 aromatic rings. The van der Waals surface area contributed by atoms with Crippen LogP contribution >= 0.6 is 0 Å². The molecule has 0 saturated heterocycles. The molecule has 0 heterocycles. The molecule has 1 N–H and O–H groups in total. The standard InChI is InChI=1S/C11H23NO2/c1-8(2)6-12(9(3)4)7-10(5)11(13)14/h8-10H,6-7H2,1-5H3,(H,13,14). The highest BCUT2D eigenvalue weighted by Crippen LogP contribution is 2.08. The number of nitrogens with zero attached hydrogens (tertiary/aromatic N) is 1. The molecule has 0 aromatic carbocycles. The van der Waals surface area contributed by atoms with Gasteiger partial charge in [0.05, 0.1) is 5.92 Å². The minimum absolute atomic E-state index is 0.281. The Morgan fingerprint density at radius 3 is 1.93 bits per heavy atom. The Balaban J connectivity index is 4.16. The summed E-state index contributed by atoms with van der Waals surface area (Å²) in [7, 11) is 0. The van der Waals surface area contributed by atoms with Crippen LogP contribution < -0.4 is 0 Å². The van der Waals surface area contributed by atoms with Crippen molar-refractivity contribution >= 4 is 5.97 Å². The van der Waals surface area contributed by atoms with Crippen LogP contribution in [-0.4, -0.2) is 35.1 Å². The van der Waals surface area contributed by atoms with Crippen LogP contribution in [0.15, 0.2) is 0 Å². The first-order valence-electron chi connectivity index (χ1n) is 5.31. The zero-order valence-electron chi connectivity index (χ0n) is 9.95. The maximum Gasteiger partial charge on any atom is 0.307 e. The number of carboxylic acid groups (broad SMARTS) is 1. The fraction of sp³-hybridized carbons (Fsp3) is 0.909. The third kappa shape index (κ3) is 5.22. The van der Waals surface area contributed by atoms with Crippen molar-refractivity contribution in [2.75, 3.05) is 13.1 Å². The highest BCUT2D eigenvalue weighted by molar-refractivity contribution is 5.69. The summed E-state index contributed by atoms with van der Waals surface area (Å²) in [5.74, 6) is -0.408. The van der Waals surface area contributed by atoms with E-state index in [2.05, 4.69) is 32.6 Å². The second-order valence-electron chi connectivity index (χ2n) is 4.68. The van der Waals surface area contributed by atoms with Gasteiger partial charge in [0.25, 0.3) is 0 Å². The Bertz CT molecular complexity index is 178. The molecule has 0 aliphatic rings. The van der Waals surface area contributed by atoms with Crippen LogP contribution in [0.3, 0.4) is 0 Å². The first-order chi connectivity index (χ1) is 6.34. The number of hydrogen-bond donors (Lipinski definition) is 1. The number of hydrogen-bond acceptors (Lipinski definition) is 2. The second-order valence-corrected chi connectivity index (χ2v) is 4.68. The third-order valence-corrected chi connectivity index (χ3v) is 2.26. The first-order valence-corrected chi connectivity index (χ1v) is 5.31. The topological polar surface area (TPSA) is 40.5 Å². The largest absolute Gasteiger partial charge is 0.481 e. The summed E-state index contributed by atoms with van der Waals surface area (Å²) in [5, 5.41) is 8.82. The molecule has 0 saturated carbocycles. The number of carboxylic acids is 1. The maximum atomic E-state index is 10.7. The molecular formula is C11H23NO2. The maximum absolute atomic E-state index is 10.7. The van der Waals surface area contributed by atoms with E-state index < -0.39 is 5.97 Å². The summed E-state index contributed by atoms with van der Waals surface area (Å²) in [6.45, 7) is 11.9. The zero-order chi connectivity index (χ0) is 11.3. The molecule has 0 fully saturated rings. The van der Waals surface area contributed by atoms with Crippen LogP contribution in [0.25, 0.3) is 0 Å². The third-order valence-electron chi connectivity index (χ3n) is 2.26. The minimum atomic E-state index is -0.709. The van der Waals surface area contributed by atoms with Crippen molar-refractivity contribution in [3.8, 4) is 0 Å². The highest BCUT2D eigenvalue weighted by Gasteiger charge is 2.18. The van der Waals surface area contributed by atoms with E-state index in [1.165, 1.54) is 0 Å². The van der Waals surface area contributed by atoms with E-state index in [1.54, 1.807) is 6.92 Å². The Labute approximate surface area is 87.1 Å². The van der Waals surface area contributed by atoms with Crippen molar-refractivity contribution in [3.63, 3.8) is 0 Å². The van der Waals surface area contributed by atoms with Crippen molar-refractivity contribution in [1.82, 2.24) is 4.90 Å². The number of carbonyl (C=O) groups is 1. The molecule has 1 unspecified atom stereocenters. The van der Waals surface area contributed by atoms with Crippen molar-refractivity contribution in [1.29, 1.82) is 0 Å². The van der Waals surface area contributed by atoms with Gasteiger partial charge in [-0.25, -0.2) is 0 Å². The van der Waals surface area contributed by atoms with Gasteiger partial charge in [0, 0.05) is 19.1 Å². The van der Waals surface area contributed by atoms with E-state index in [9.17, 15) is 4.79 Å². The molecule has 3 heteroatoms. The van der Waals surface area contributed by atoms with Gasteiger partial charge in [0.15, 0.2) is 0 Å². The van der Waals surface area contributed by atoms with Gasteiger partial charge in [0.2, 0.25) is 0 Å². The Morgan fingerprint density at radius 2 is 1.64 bits per heavy atom. The Hall–Kier alpha value is -0.570. The van der Waals surface area contributed by atoms with E-state index in [4.69, 9.17) is 5.11 Å².